The molecule has 0 saturated carbocycles. The predicted octanol–water partition coefficient (Wildman–Crippen LogP) is 1.66. The third-order valence-electron chi connectivity index (χ3n) is 2.88. The Morgan fingerprint density at radius 3 is 2.11 bits per heavy atom. The van der Waals surface area contributed by atoms with E-state index in [9.17, 15) is 14.7 Å². The van der Waals surface area contributed by atoms with E-state index >= 15 is 0 Å². The Bertz CT molecular complexity index is 296. The van der Waals surface area contributed by atoms with Crippen molar-refractivity contribution in [1.82, 2.24) is 5.32 Å². The molecular formula is C13H25NO4. The van der Waals surface area contributed by atoms with Gasteiger partial charge in [0.2, 0.25) is 0 Å². The highest BCUT2D eigenvalue weighted by atomic mass is 16.6. The van der Waals surface area contributed by atoms with Gasteiger partial charge in [0.05, 0.1) is 0 Å². The van der Waals surface area contributed by atoms with Crippen LogP contribution in [0.15, 0.2) is 0 Å². The number of ether oxygens (including phenoxy) is 1. The number of carbonyl (C=O) groups excluding carboxylic acids is 1. The predicted molar refractivity (Wildman–Crippen MR) is 69.3 cm³/mol. The maximum Gasteiger partial charge on any atom is 0.322 e. The normalized spacial score (nSPS) is 16.8. The first-order chi connectivity index (χ1) is 8.14. The first kappa shape index (κ1) is 16.9. The Labute approximate surface area is 109 Å². The molecule has 0 saturated heterocycles. The van der Waals surface area contributed by atoms with Gasteiger partial charge in [-0.05, 0) is 33.7 Å². The van der Waals surface area contributed by atoms with Crippen LogP contribution in [0.5, 0.6) is 0 Å². The molecule has 106 valence electrons. The molecule has 0 spiro atoms. The molecule has 18 heavy (non-hydrogen) atoms. The molecule has 0 radical (unpaired) electrons. The molecule has 1 unspecified atom stereocenters. The maximum atomic E-state index is 12.0. The summed E-state index contributed by atoms with van der Waals surface area (Å²) < 4.78 is 5.18. The molecule has 0 rings (SSSR count). The molecule has 0 heterocycles. The molecule has 0 aromatic rings. The first-order valence-electron chi connectivity index (χ1n) is 6.27. The summed E-state index contributed by atoms with van der Waals surface area (Å²) >= 11 is 0. The van der Waals surface area contributed by atoms with Crippen LogP contribution in [0.4, 0.5) is 0 Å². The van der Waals surface area contributed by atoms with Crippen LogP contribution >= 0.6 is 0 Å². The average molecular weight is 259 g/mol. The molecule has 0 aliphatic rings. The van der Waals surface area contributed by atoms with E-state index in [0.29, 0.717) is 0 Å². The average Bonchev–Trinajstić information content (AvgIpc) is 2.21. The third-order valence-corrected chi connectivity index (χ3v) is 2.88. The second-order valence-corrected chi connectivity index (χ2v) is 5.55. The zero-order valence-electron chi connectivity index (χ0n) is 12.1. The summed E-state index contributed by atoms with van der Waals surface area (Å²) in [5, 5.41) is 12.2. The van der Waals surface area contributed by atoms with Crippen molar-refractivity contribution in [1.29, 1.82) is 0 Å². The maximum absolute atomic E-state index is 12.0. The molecule has 2 N–H and O–H groups in total. The lowest BCUT2D eigenvalue weighted by molar-refractivity contribution is -0.168. The van der Waals surface area contributed by atoms with Gasteiger partial charge in [0, 0.05) is 6.04 Å². The Morgan fingerprint density at radius 1 is 1.33 bits per heavy atom. The third kappa shape index (κ3) is 5.04. The monoisotopic (exact) mass is 259 g/mol. The van der Waals surface area contributed by atoms with E-state index in [1.807, 2.05) is 13.8 Å². The van der Waals surface area contributed by atoms with Crippen LogP contribution in [0, 0.1) is 11.8 Å². The van der Waals surface area contributed by atoms with Crippen LogP contribution in [0.25, 0.3) is 0 Å². The summed E-state index contributed by atoms with van der Waals surface area (Å²) in [6.45, 7) is 9.05. The second-order valence-electron chi connectivity index (χ2n) is 5.55. The number of rotatable bonds is 6. The number of carbonyl (C=O) groups is 2. The van der Waals surface area contributed by atoms with Gasteiger partial charge in [0.25, 0.3) is 0 Å². The van der Waals surface area contributed by atoms with E-state index < -0.39 is 29.5 Å². The van der Waals surface area contributed by atoms with Gasteiger partial charge in [-0.25, -0.2) is 0 Å². The molecule has 5 heteroatoms. The highest BCUT2D eigenvalue weighted by Gasteiger charge is 2.39. The Hall–Kier alpha value is -1.10. The highest BCUT2D eigenvalue weighted by Crippen LogP contribution is 2.20. The summed E-state index contributed by atoms with van der Waals surface area (Å²) in [7, 11) is 1.66. The van der Waals surface area contributed by atoms with E-state index in [2.05, 4.69) is 5.32 Å². The number of aliphatic carboxylic acids is 1. The second kappa shape index (κ2) is 6.73. The number of carboxylic acid groups (broad SMARTS) is 1. The van der Waals surface area contributed by atoms with Gasteiger partial charge in [0.15, 0.2) is 5.92 Å². The summed E-state index contributed by atoms with van der Waals surface area (Å²) in [5.41, 5.74) is -0.682. The Balaban J connectivity index is 5.05. The quantitative estimate of drug-likeness (QED) is 0.560. The minimum absolute atomic E-state index is 0.0728. The van der Waals surface area contributed by atoms with Crippen molar-refractivity contribution in [2.24, 2.45) is 11.8 Å². The number of hydrogen-bond acceptors (Lipinski definition) is 4. The molecule has 0 bridgehead atoms. The van der Waals surface area contributed by atoms with Gasteiger partial charge in [-0.2, -0.15) is 0 Å². The van der Waals surface area contributed by atoms with Crippen LogP contribution in [0.3, 0.4) is 0 Å². The number of hydrogen-bond donors (Lipinski definition) is 2. The van der Waals surface area contributed by atoms with Crippen molar-refractivity contribution in [2.75, 3.05) is 7.05 Å². The lowest BCUT2D eigenvalue weighted by Crippen LogP contribution is -2.48. The lowest BCUT2D eigenvalue weighted by atomic mass is 9.87. The molecule has 0 aliphatic heterocycles. The van der Waals surface area contributed by atoms with E-state index in [4.69, 9.17) is 4.74 Å². The Kier molecular flexibility index (Phi) is 6.32. The fourth-order valence-electron chi connectivity index (χ4n) is 1.80. The molecule has 0 amide bonds. The van der Waals surface area contributed by atoms with E-state index in [1.165, 1.54) is 0 Å². The van der Waals surface area contributed by atoms with Crippen molar-refractivity contribution in [3.05, 3.63) is 0 Å². The summed E-state index contributed by atoms with van der Waals surface area (Å²) in [4.78, 5) is 23.3. The van der Waals surface area contributed by atoms with Gasteiger partial charge in [-0.1, -0.05) is 20.3 Å². The number of carboxylic acids is 1. The fraction of sp³-hybridized carbons (Fsp3) is 0.846. The summed E-state index contributed by atoms with van der Waals surface area (Å²) in [6, 6.07) is -0.428. The first-order valence-corrected chi connectivity index (χ1v) is 6.27. The van der Waals surface area contributed by atoms with Gasteiger partial charge >= 0.3 is 11.9 Å². The molecule has 0 aromatic carbocycles. The SMILES string of the molecule is CC[C@H](C)[C@@H](NC)C(C(=O)O)C(=O)OC(C)(C)C. The molecular weight excluding hydrogens is 234 g/mol. The van der Waals surface area contributed by atoms with E-state index in [1.54, 1.807) is 27.8 Å². The smallest absolute Gasteiger partial charge is 0.322 e. The molecule has 5 nitrogen and oxygen atoms in total. The van der Waals surface area contributed by atoms with Crippen LogP contribution < -0.4 is 5.32 Å². The van der Waals surface area contributed by atoms with Crippen molar-refractivity contribution in [2.45, 2.75) is 52.7 Å². The van der Waals surface area contributed by atoms with Crippen LogP contribution in [0.1, 0.15) is 41.0 Å². The summed E-state index contributed by atoms with van der Waals surface area (Å²) in [6.07, 6.45) is 0.790. The van der Waals surface area contributed by atoms with Gasteiger partial charge in [-0.3, -0.25) is 9.59 Å². The number of esters is 1. The van der Waals surface area contributed by atoms with Gasteiger partial charge < -0.3 is 15.2 Å². The standard InChI is InChI=1S/C13H25NO4/c1-7-8(2)10(14-6)9(11(15)16)12(17)18-13(3,4)5/h8-10,14H,7H2,1-6H3,(H,15,16)/t8-,9?,10+/m0/s1. The minimum Gasteiger partial charge on any atom is -0.481 e. The van der Waals surface area contributed by atoms with Crippen molar-refractivity contribution < 1.29 is 19.4 Å². The van der Waals surface area contributed by atoms with E-state index in [-0.39, 0.29) is 5.92 Å². The number of nitrogens with one attached hydrogen (secondary N) is 1. The largest absolute Gasteiger partial charge is 0.481 e. The fourth-order valence-corrected chi connectivity index (χ4v) is 1.80. The minimum atomic E-state index is -1.18. The van der Waals surface area contributed by atoms with Gasteiger partial charge in [0.1, 0.15) is 5.60 Å². The Morgan fingerprint density at radius 2 is 1.83 bits per heavy atom. The zero-order chi connectivity index (χ0) is 14.5. The topological polar surface area (TPSA) is 75.6 Å². The summed E-state index contributed by atoms with van der Waals surface area (Å²) in [5.74, 6) is -2.94. The lowest BCUT2D eigenvalue weighted by Gasteiger charge is -2.29. The zero-order valence-corrected chi connectivity index (χ0v) is 12.1. The van der Waals surface area contributed by atoms with Crippen LogP contribution in [-0.2, 0) is 14.3 Å². The van der Waals surface area contributed by atoms with Crippen molar-refractivity contribution in [3.8, 4) is 0 Å². The van der Waals surface area contributed by atoms with Gasteiger partial charge in [-0.15, -0.1) is 0 Å². The molecule has 0 aromatic heterocycles. The van der Waals surface area contributed by atoms with E-state index in [0.717, 1.165) is 6.42 Å². The van der Waals surface area contributed by atoms with Crippen molar-refractivity contribution >= 4 is 11.9 Å². The molecule has 3 atom stereocenters. The molecule has 0 fully saturated rings. The highest BCUT2D eigenvalue weighted by molar-refractivity contribution is 5.95. The van der Waals surface area contributed by atoms with Crippen molar-refractivity contribution in [3.63, 3.8) is 0 Å². The molecule has 0 aliphatic carbocycles. The van der Waals surface area contributed by atoms with Crippen LogP contribution in [0.2, 0.25) is 0 Å². The van der Waals surface area contributed by atoms with Crippen LogP contribution in [-0.4, -0.2) is 35.7 Å².